The van der Waals surface area contributed by atoms with Crippen LogP contribution >= 0.6 is 24.0 Å². The summed E-state index contributed by atoms with van der Waals surface area (Å²) in [7, 11) is 1.56. The number of carboxylic acids is 1. The number of amides is 1. The van der Waals surface area contributed by atoms with Crippen LogP contribution in [0.2, 0.25) is 0 Å². The number of methoxy groups -OCH3 is 1. The maximum atomic E-state index is 12.8. The molecule has 1 atom stereocenters. The Hall–Kier alpha value is -2.64. The van der Waals surface area contributed by atoms with Crippen LogP contribution in [0, 0.1) is 0 Å². The maximum Gasteiger partial charge on any atom is 0.266 e. The van der Waals surface area contributed by atoms with E-state index in [-0.39, 0.29) is 10.7 Å². The van der Waals surface area contributed by atoms with Crippen molar-refractivity contribution in [2.24, 2.45) is 0 Å². The summed E-state index contributed by atoms with van der Waals surface area (Å²) in [5, 5.41) is 11.7. The number of thiocarbonyl (C=S) groups is 1. The van der Waals surface area contributed by atoms with Gasteiger partial charge in [0.25, 0.3) is 5.91 Å². The Balaban J connectivity index is 1.87. The molecule has 1 amide bonds. The number of carbonyl (C=O) groups is 2. The molecule has 1 saturated heterocycles. The van der Waals surface area contributed by atoms with Crippen molar-refractivity contribution < 1.29 is 19.4 Å². The van der Waals surface area contributed by atoms with E-state index in [1.807, 2.05) is 30.3 Å². The van der Waals surface area contributed by atoms with Crippen molar-refractivity contribution in [3.63, 3.8) is 0 Å². The van der Waals surface area contributed by atoms with Gasteiger partial charge in [-0.05, 0) is 35.8 Å². The van der Waals surface area contributed by atoms with Gasteiger partial charge >= 0.3 is 0 Å². The van der Waals surface area contributed by atoms with Crippen molar-refractivity contribution in [1.29, 1.82) is 0 Å². The Bertz CT molecular complexity index is 911. The molecule has 0 N–H and O–H groups in total. The molecule has 0 spiro atoms. The van der Waals surface area contributed by atoms with Gasteiger partial charge in [-0.2, -0.15) is 0 Å². The van der Waals surface area contributed by atoms with E-state index in [0.29, 0.717) is 10.7 Å². The second kappa shape index (κ2) is 8.37. The molecule has 2 aromatic rings. The topological polar surface area (TPSA) is 69.7 Å². The highest BCUT2D eigenvalue weighted by molar-refractivity contribution is 8.26. The highest BCUT2D eigenvalue weighted by Gasteiger charge is 2.37. The highest BCUT2D eigenvalue weighted by Crippen LogP contribution is 2.35. The van der Waals surface area contributed by atoms with Crippen LogP contribution in [0.1, 0.15) is 11.1 Å². The lowest BCUT2D eigenvalue weighted by Gasteiger charge is -2.27. The Kier molecular flexibility index (Phi) is 5.93. The van der Waals surface area contributed by atoms with Crippen molar-refractivity contribution in [2.75, 3.05) is 7.11 Å². The van der Waals surface area contributed by atoms with Gasteiger partial charge < -0.3 is 14.6 Å². The first-order chi connectivity index (χ1) is 13.0. The summed E-state index contributed by atoms with van der Waals surface area (Å²) in [6.45, 7) is 0. The number of hydrogen-bond donors (Lipinski definition) is 0. The standard InChI is InChI=1S/C20H17NO4S2/c1-25-15-9-5-8-14(10-15)12-17-18(22)21(20(26)27-17)16(19(23)24)11-13-6-3-2-4-7-13/h2-10,12,16H,11H2,1H3,(H,23,24)/p-1/b17-12-/t16-/m0/s1. The quantitative estimate of drug-likeness (QED) is 0.549. The molecule has 0 radical (unpaired) electrons. The first-order valence-electron chi connectivity index (χ1n) is 8.15. The van der Waals surface area contributed by atoms with Crippen LogP contribution in [0.15, 0.2) is 59.5 Å². The molecule has 138 valence electrons. The van der Waals surface area contributed by atoms with Crippen molar-refractivity contribution in [1.82, 2.24) is 4.90 Å². The first-order valence-corrected chi connectivity index (χ1v) is 9.38. The molecule has 7 heteroatoms. The first kappa shape index (κ1) is 19.1. The molecule has 1 heterocycles. The zero-order valence-electron chi connectivity index (χ0n) is 14.5. The molecule has 5 nitrogen and oxygen atoms in total. The number of carboxylic acid groups (broad SMARTS) is 1. The van der Waals surface area contributed by atoms with Gasteiger partial charge in [0.1, 0.15) is 10.1 Å². The van der Waals surface area contributed by atoms with Crippen LogP contribution in [0.3, 0.4) is 0 Å². The molecule has 1 fully saturated rings. The number of aliphatic carboxylic acids is 1. The number of nitrogens with zero attached hydrogens (tertiary/aromatic N) is 1. The number of hydrogen-bond acceptors (Lipinski definition) is 6. The summed E-state index contributed by atoms with van der Waals surface area (Å²) in [4.78, 5) is 26.1. The molecule has 27 heavy (non-hydrogen) atoms. The Morgan fingerprint density at radius 1 is 1.26 bits per heavy atom. The van der Waals surface area contributed by atoms with E-state index in [2.05, 4.69) is 0 Å². The minimum absolute atomic E-state index is 0.127. The smallest absolute Gasteiger partial charge is 0.266 e. The molecule has 0 aromatic heterocycles. The average molecular weight is 398 g/mol. The summed E-state index contributed by atoms with van der Waals surface area (Å²) in [5.41, 5.74) is 1.56. The Morgan fingerprint density at radius 2 is 2.00 bits per heavy atom. The van der Waals surface area contributed by atoms with Crippen molar-refractivity contribution in [3.8, 4) is 5.75 Å². The molecule has 1 aliphatic heterocycles. The third-order valence-electron chi connectivity index (χ3n) is 4.07. The molecule has 2 aromatic carbocycles. The van der Waals surface area contributed by atoms with Crippen molar-refractivity contribution in [3.05, 3.63) is 70.6 Å². The fraction of sp³-hybridized carbons (Fsp3) is 0.150. The zero-order chi connectivity index (χ0) is 19.4. The average Bonchev–Trinajstić information content (AvgIpc) is 2.94. The minimum atomic E-state index is -1.34. The van der Waals surface area contributed by atoms with Gasteiger partial charge in [-0.25, -0.2) is 0 Å². The molecule has 0 aliphatic carbocycles. The summed E-state index contributed by atoms with van der Waals surface area (Å²) in [5.74, 6) is -1.10. The lowest BCUT2D eigenvalue weighted by Crippen LogP contribution is -2.51. The highest BCUT2D eigenvalue weighted by atomic mass is 32.2. The molecule has 0 bridgehead atoms. The monoisotopic (exact) mass is 398 g/mol. The maximum absolute atomic E-state index is 12.8. The Morgan fingerprint density at radius 3 is 2.67 bits per heavy atom. The number of thioether (sulfide) groups is 1. The number of ether oxygens (including phenoxy) is 1. The predicted octanol–water partition coefficient (Wildman–Crippen LogP) is 2.26. The lowest BCUT2D eigenvalue weighted by molar-refractivity contribution is -0.310. The fourth-order valence-electron chi connectivity index (χ4n) is 2.75. The number of rotatable bonds is 6. The van der Waals surface area contributed by atoms with Crippen LogP contribution < -0.4 is 9.84 Å². The van der Waals surface area contributed by atoms with E-state index in [0.717, 1.165) is 27.8 Å². The molecular formula is C20H16NO4S2-. The second-order valence-corrected chi connectivity index (χ2v) is 7.53. The van der Waals surface area contributed by atoms with Crippen LogP contribution in [0.25, 0.3) is 6.08 Å². The largest absolute Gasteiger partial charge is 0.548 e. The van der Waals surface area contributed by atoms with E-state index in [1.165, 1.54) is 0 Å². The van der Waals surface area contributed by atoms with Gasteiger partial charge in [0.2, 0.25) is 0 Å². The summed E-state index contributed by atoms with van der Waals surface area (Å²) >= 11 is 6.37. The summed E-state index contributed by atoms with van der Waals surface area (Å²) in [6, 6.07) is 15.1. The molecule has 1 aliphatic rings. The SMILES string of the molecule is COc1cccc(/C=C2\SC(=S)N([C@@H](Cc3ccccc3)C(=O)[O-])C2=O)c1. The van der Waals surface area contributed by atoms with Gasteiger partial charge in [-0.3, -0.25) is 9.69 Å². The van der Waals surface area contributed by atoms with Gasteiger partial charge in [-0.1, -0.05) is 66.4 Å². The third kappa shape index (κ3) is 4.37. The van der Waals surface area contributed by atoms with E-state index >= 15 is 0 Å². The van der Waals surface area contributed by atoms with Crippen LogP contribution in [-0.4, -0.2) is 34.2 Å². The molecule has 0 unspecified atom stereocenters. The normalized spacial score (nSPS) is 16.6. The Labute approximate surface area is 166 Å². The number of benzene rings is 2. The van der Waals surface area contributed by atoms with Gasteiger partial charge in [0, 0.05) is 0 Å². The van der Waals surface area contributed by atoms with Crippen molar-refractivity contribution in [2.45, 2.75) is 12.5 Å². The molecule has 0 saturated carbocycles. The summed E-state index contributed by atoms with van der Waals surface area (Å²) < 4.78 is 5.39. The lowest BCUT2D eigenvalue weighted by atomic mass is 10.0. The van der Waals surface area contributed by atoms with Crippen LogP contribution in [0.5, 0.6) is 5.75 Å². The van der Waals surface area contributed by atoms with Gasteiger partial charge in [0.15, 0.2) is 0 Å². The van der Waals surface area contributed by atoms with E-state index in [1.54, 1.807) is 37.5 Å². The third-order valence-corrected chi connectivity index (χ3v) is 5.40. The van der Waals surface area contributed by atoms with Gasteiger partial charge in [0.05, 0.1) is 24.0 Å². The van der Waals surface area contributed by atoms with Crippen molar-refractivity contribution >= 4 is 46.3 Å². The van der Waals surface area contributed by atoms with Gasteiger partial charge in [-0.15, -0.1) is 0 Å². The number of carbonyl (C=O) groups excluding carboxylic acids is 2. The second-order valence-electron chi connectivity index (χ2n) is 5.85. The van der Waals surface area contributed by atoms with Crippen LogP contribution in [-0.2, 0) is 16.0 Å². The molecule has 3 rings (SSSR count). The minimum Gasteiger partial charge on any atom is -0.548 e. The predicted molar refractivity (Wildman–Crippen MR) is 107 cm³/mol. The fourth-order valence-corrected chi connectivity index (χ4v) is 4.11. The van der Waals surface area contributed by atoms with Crippen LogP contribution in [0.4, 0.5) is 0 Å². The van der Waals surface area contributed by atoms with E-state index < -0.39 is 17.9 Å². The van der Waals surface area contributed by atoms with E-state index in [9.17, 15) is 14.7 Å². The zero-order valence-corrected chi connectivity index (χ0v) is 16.1. The van der Waals surface area contributed by atoms with E-state index in [4.69, 9.17) is 17.0 Å². The summed E-state index contributed by atoms with van der Waals surface area (Å²) in [6.07, 6.45) is 1.80. The molecular weight excluding hydrogens is 382 g/mol.